The molecule has 0 fully saturated rings. The fourth-order valence-electron chi connectivity index (χ4n) is 3.86. The predicted octanol–water partition coefficient (Wildman–Crippen LogP) is 3.35. The minimum atomic E-state index is -3.51. The van der Waals surface area contributed by atoms with Crippen molar-refractivity contribution in [2.45, 2.75) is 45.6 Å². The summed E-state index contributed by atoms with van der Waals surface area (Å²) in [6, 6.07) is 10.4. The zero-order valence-corrected chi connectivity index (χ0v) is 20.3. The van der Waals surface area contributed by atoms with E-state index in [9.17, 15) is 13.2 Å². The van der Waals surface area contributed by atoms with Crippen molar-refractivity contribution in [2.24, 2.45) is 7.05 Å². The van der Waals surface area contributed by atoms with Gasteiger partial charge in [-0.2, -0.15) is 9.40 Å². The van der Waals surface area contributed by atoms with Crippen LogP contribution in [0.25, 0.3) is 5.82 Å². The molecule has 1 amide bonds. The second-order valence-electron chi connectivity index (χ2n) is 7.81. The lowest BCUT2D eigenvalue weighted by atomic mass is 10.1. The van der Waals surface area contributed by atoms with Gasteiger partial charge in [0, 0.05) is 31.5 Å². The van der Waals surface area contributed by atoms with Crippen LogP contribution in [0.1, 0.15) is 54.1 Å². The molecule has 1 unspecified atom stereocenters. The van der Waals surface area contributed by atoms with Gasteiger partial charge in [0.05, 0.1) is 17.1 Å². The van der Waals surface area contributed by atoms with Crippen LogP contribution in [-0.2, 0) is 17.1 Å². The molecule has 32 heavy (non-hydrogen) atoms. The van der Waals surface area contributed by atoms with Crippen LogP contribution < -0.4 is 5.32 Å². The van der Waals surface area contributed by atoms with E-state index in [4.69, 9.17) is 0 Å². The number of sulfonamides is 1. The Morgan fingerprint density at radius 3 is 2.16 bits per heavy atom. The molecule has 0 aliphatic heterocycles. The highest BCUT2D eigenvalue weighted by molar-refractivity contribution is 7.89. The van der Waals surface area contributed by atoms with Gasteiger partial charge in [-0.3, -0.25) is 9.48 Å². The molecule has 2 heterocycles. The molecule has 9 heteroatoms. The summed E-state index contributed by atoms with van der Waals surface area (Å²) >= 11 is 0. The second-order valence-corrected chi connectivity index (χ2v) is 9.75. The molecule has 0 aliphatic rings. The molecule has 2 aromatic heterocycles. The number of nitrogens with zero attached hydrogens (tertiary/aromatic N) is 4. The third-order valence-corrected chi connectivity index (χ3v) is 7.77. The van der Waals surface area contributed by atoms with Gasteiger partial charge in [0.2, 0.25) is 10.0 Å². The van der Waals surface area contributed by atoms with Crippen molar-refractivity contribution >= 4 is 15.9 Å². The van der Waals surface area contributed by atoms with Crippen LogP contribution in [0.5, 0.6) is 0 Å². The lowest BCUT2D eigenvalue weighted by Crippen LogP contribution is -2.30. The molecule has 0 saturated carbocycles. The summed E-state index contributed by atoms with van der Waals surface area (Å²) in [5.41, 5.74) is 3.31. The smallest absolute Gasteiger partial charge is 0.257 e. The number of hydrogen-bond acceptors (Lipinski definition) is 4. The number of rotatable bonds is 8. The van der Waals surface area contributed by atoms with Crippen LogP contribution in [-0.4, -0.2) is 46.1 Å². The van der Waals surface area contributed by atoms with Crippen molar-refractivity contribution in [3.63, 3.8) is 0 Å². The fourth-order valence-corrected chi connectivity index (χ4v) is 5.32. The minimum absolute atomic E-state index is 0.243. The fraction of sp³-hybridized carbons (Fsp3) is 0.391. The van der Waals surface area contributed by atoms with Crippen molar-refractivity contribution in [3.8, 4) is 5.82 Å². The molecular weight excluding hydrogens is 426 g/mol. The Balaban J connectivity index is 1.82. The van der Waals surface area contributed by atoms with E-state index in [1.54, 1.807) is 35.1 Å². The molecule has 3 rings (SSSR count). The molecule has 8 nitrogen and oxygen atoms in total. The van der Waals surface area contributed by atoms with Gasteiger partial charge in [0.15, 0.2) is 0 Å². The van der Waals surface area contributed by atoms with E-state index >= 15 is 0 Å². The molecule has 1 aromatic carbocycles. The highest BCUT2D eigenvalue weighted by atomic mass is 32.2. The first-order valence-electron chi connectivity index (χ1n) is 10.7. The molecule has 0 aliphatic carbocycles. The van der Waals surface area contributed by atoms with Gasteiger partial charge >= 0.3 is 0 Å². The molecule has 0 radical (unpaired) electrons. The first kappa shape index (κ1) is 23.7. The van der Waals surface area contributed by atoms with Gasteiger partial charge in [0.1, 0.15) is 11.4 Å². The van der Waals surface area contributed by atoms with Crippen molar-refractivity contribution in [2.75, 3.05) is 13.1 Å². The van der Waals surface area contributed by atoms with Gasteiger partial charge in [0.25, 0.3) is 5.91 Å². The van der Waals surface area contributed by atoms with Crippen molar-refractivity contribution in [1.29, 1.82) is 0 Å². The van der Waals surface area contributed by atoms with Crippen LogP contribution in [0, 0.1) is 13.8 Å². The first-order chi connectivity index (χ1) is 15.1. The quantitative estimate of drug-likeness (QED) is 0.562. The number of hydrogen-bond donors (Lipinski definition) is 1. The molecule has 3 aromatic rings. The van der Waals surface area contributed by atoms with Crippen LogP contribution >= 0.6 is 0 Å². The molecule has 1 N–H and O–H groups in total. The standard InChI is InChI=1S/C23H31N5O3S/c1-7-27(8-2)32(30,31)20-13-11-19(12-14-20)18(5)25-22(29)21-15-24-26(6)23(21)28-16(3)9-10-17(28)4/h9-15,18H,7-8H2,1-6H3,(H,25,29). The van der Waals surface area contributed by atoms with Gasteiger partial charge < -0.3 is 9.88 Å². The summed E-state index contributed by atoms with van der Waals surface area (Å²) in [6.07, 6.45) is 1.57. The van der Waals surface area contributed by atoms with E-state index < -0.39 is 10.0 Å². The van der Waals surface area contributed by atoms with Gasteiger partial charge in [-0.1, -0.05) is 26.0 Å². The summed E-state index contributed by atoms with van der Waals surface area (Å²) in [4.78, 5) is 13.3. The summed E-state index contributed by atoms with van der Waals surface area (Å²) in [6.45, 7) is 10.3. The van der Waals surface area contributed by atoms with E-state index in [0.29, 0.717) is 24.5 Å². The third kappa shape index (κ3) is 4.35. The van der Waals surface area contributed by atoms with Crippen molar-refractivity contribution in [1.82, 2.24) is 24.0 Å². The highest BCUT2D eigenvalue weighted by Gasteiger charge is 2.23. The first-order valence-corrected chi connectivity index (χ1v) is 12.1. The Hall–Kier alpha value is -2.91. The monoisotopic (exact) mass is 457 g/mol. The van der Waals surface area contributed by atoms with Gasteiger partial charge in [-0.05, 0) is 50.6 Å². The van der Waals surface area contributed by atoms with Crippen LogP contribution in [0.3, 0.4) is 0 Å². The number of amides is 1. The maximum Gasteiger partial charge on any atom is 0.257 e. The van der Waals surface area contributed by atoms with Gasteiger partial charge in [-0.25, -0.2) is 8.42 Å². The highest BCUT2D eigenvalue weighted by Crippen LogP contribution is 2.22. The van der Waals surface area contributed by atoms with E-state index in [1.807, 2.05) is 58.4 Å². The van der Waals surface area contributed by atoms with Gasteiger partial charge in [-0.15, -0.1) is 0 Å². The molecule has 0 bridgehead atoms. The van der Waals surface area contributed by atoms with Crippen molar-refractivity contribution < 1.29 is 13.2 Å². The lowest BCUT2D eigenvalue weighted by Gasteiger charge is -2.19. The normalized spacial score (nSPS) is 12.8. The number of aryl methyl sites for hydroxylation is 3. The zero-order chi connectivity index (χ0) is 23.6. The number of benzene rings is 1. The molecule has 0 saturated heterocycles. The minimum Gasteiger partial charge on any atom is -0.345 e. The van der Waals surface area contributed by atoms with E-state index in [-0.39, 0.29) is 16.8 Å². The summed E-state index contributed by atoms with van der Waals surface area (Å²) in [7, 11) is -1.70. The number of carbonyl (C=O) groups is 1. The summed E-state index contributed by atoms with van der Waals surface area (Å²) in [5.74, 6) is 0.461. The van der Waals surface area contributed by atoms with Crippen molar-refractivity contribution in [3.05, 3.63) is 65.1 Å². The summed E-state index contributed by atoms with van der Waals surface area (Å²) in [5, 5.41) is 7.30. The third-order valence-electron chi connectivity index (χ3n) is 5.71. The second kappa shape index (κ2) is 9.30. The Morgan fingerprint density at radius 1 is 1.06 bits per heavy atom. The lowest BCUT2D eigenvalue weighted by molar-refractivity contribution is 0.0939. The average molecular weight is 458 g/mol. The molecule has 1 atom stereocenters. The Labute approximate surface area is 189 Å². The number of carbonyl (C=O) groups excluding carboxylic acids is 1. The Bertz CT molecular complexity index is 1190. The maximum absolute atomic E-state index is 13.1. The molecular formula is C23H31N5O3S. The topological polar surface area (TPSA) is 89.2 Å². The van der Waals surface area contributed by atoms with Crippen LogP contribution in [0.4, 0.5) is 0 Å². The van der Waals surface area contributed by atoms with E-state index in [0.717, 1.165) is 17.0 Å². The predicted molar refractivity (Wildman–Crippen MR) is 124 cm³/mol. The average Bonchev–Trinajstić information content (AvgIpc) is 3.29. The van der Waals surface area contributed by atoms with Crippen LogP contribution in [0.2, 0.25) is 0 Å². The largest absolute Gasteiger partial charge is 0.345 e. The zero-order valence-electron chi connectivity index (χ0n) is 19.5. The number of aromatic nitrogens is 3. The van der Waals surface area contributed by atoms with E-state index in [1.165, 1.54) is 4.31 Å². The maximum atomic E-state index is 13.1. The molecule has 172 valence electrons. The summed E-state index contributed by atoms with van der Waals surface area (Å²) < 4.78 is 30.5. The number of nitrogens with one attached hydrogen (secondary N) is 1. The van der Waals surface area contributed by atoms with E-state index in [2.05, 4.69) is 10.4 Å². The SMILES string of the molecule is CCN(CC)S(=O)(=O)c1ccc(C(C)NC(=O)c2cnn(C)c2-n2c(C)ccc2C)cc1. The van der Waals surface area contributed by atoms with Crippen LogP contribution in [0.15, 0.2) is 47.5 Å². The Kier molecular flexibility index (Phi) is 6.90. The Morgan fingerprint density at radius 2 is 1.62 bits per heavy atom. The molecule has 0 spiro atoms.